The summed E-state index contributed by atoms with van der Waals surface area (Å²) in [5, 5.41) is 16.8. The van der Waals surface area contributed by atoms with Gasteiger partial charge in [0.25, 0.3) is 0 Å². The van der Waals surface area contributed by atoms with Crippen LogP contribution in [0.15, 0.2) is 36.0 Å². The molecule has 22 heavy (non-hydrogen) atoms. The average Bonchev–Trinajstić information content (AvgIpc) is 2.90. The van der Waals surface area contributed by atoms with Gasteiger partial charge >= 0.3 is 0 Å². The van der Waals surface area contributed by atoms with Gasteiger partial charge in [-0.1, -0.05) is 20.8 Å². The van der Waals surface area contributed by atoms with Gasteiger partial charge in [0.1, 0.15) is 11.6 Å². The smallest absolute Gasteiger partial charge is 0.244 e. The van der Waals surface area contributed by atoms with E-state index in [0.29, 0.717) is 11.5 Å². The maximum absolute atomic E-state index is 9.54. The van der Waals surface area contributed by atoms with Crippen LogP contribution in [-0.2, 0) is 5.41 Å². The molecule has 112 valence electrons. The van der Waals surface area contributed by atoms with E-state index in [-0.39, 0.29) is 17.2 Å². The van der Waals surface area contributed by atoms with Gasteiger partial charge < -0.3 is 10.5 Å². The number of allylic oxidation sites excluding steroid dienone is 1. The van der Waals surface area contributed by atoms with Crippen molar-refractivity contribution in [2.45, 2.75) is 32.1 Å². The molecule has 6 heteroatoms. The van der Waals surface area contributed by atoms with E-state index in [1.807, 2.05) is 24.5 Å². The first-order valence-electron chi connectivity index (χ1n) is 7.06. The molecule has 2 aromatic rings. The molecule has 0 spiro atoms. The highest BCUT2D eigenvalue weighted by Gasteiger charge is 2.38. The Hall–Kier alpha value is -2.81. The third-order valence-corrected chi connectivity index (χ3v) is 3.75. The summed E-state index contributed by atoms with van der Waals surface area (Å²) in [6, 6.07) is 6.04. The number of aromatic amines is 2. The molecule has 0 radical (unpaired) electrons. The normalized spacial score (nSPS) is 17.6. The van der Waals surface area contributed by atoms with Crippen molar-refractivity contribution in [3.63, 3.8) is 0 Å². The van der Waals surface area contributed by atoms with Crippen molar-refractivity contribution in [3.05, 3.63) is 52.8 Å². The Balaban J connectivity index is 2.27. The minimum Gasteiger partial charge on any atom is -0.420 e. The standard InChI is InChI=1S/C16H17N5O/c1-16(2,3)13-12-11(9-5-4-6-19-8-9)10(7-17)14(18)22-15(12)21-20-13/h4-6,8,11H,18H2,1-3H3,(H,20,21)/p+1. The molecular weight excluding hydrogens is 278 g/mol. The van der Waals surface area contributed by atoms with Gasteiger partial charge in [0, 0.05) is 22.7 Å². The summed E-state index contributed by atoms with van der Waals surface area (Å²) in [5.74, 6) is 0.255. The van der Waals surface area contributed by atoms with Gasteiger partial charge in [0.2, 0.25) is 11.8 Å². The number of aromatic nitrogens is 3. The van der Waals surface area contributed by atoms with E-state index < -0.39 is 0 Å². The van der Waals surface area contributed by atoms with E-state index >= 15 is 0 Å². The molecule has 0 aromatic carbocycles. The lowest BCUT2D eigenvalue weighted by Crippen LogP contribution is -2.24. The summed E-state index contributed by atoms with van der Waals surface area (Å²) in [6.07, 6.45) is 3.69. The van der Waals surface area contributed by atoms with Gasteiger partial charge in [-0.25, -0.2) is 4.98 Å². The summed E-state index contributed by atoms with van der Waals surface area (Å²) in [7, 11) is 0. The van der Waals surface area contributed by atoms with Crippen molar-refractivity contribution < 1.29 is 9.72 Å². The van der Waals surface area contributed by atoms with E-state index in [2.05, 4.69) is 42.0 Å². The Morgan fingerprint density at radius 3 is 2.82 bits per heavy atom. The first-order chi connectivity index (χ1) is 10.4. The van der Waals surface area contributed by atoms with Gasteiger partial charge in [-0.15, -0.1) is 5.10 Å². The Morgan fingerprint density at radius 2 is 2.23 bits per heavy atom. The van der Waals surface area contributed by atoms with Crippen molar-refractivity contribution >= 4 is 0 Å². The van der Waals surface area contributed by atoms with Crippen LogP contribution in [0.5, 0.6) is 5.88 Å². The molecule has 4 N–H and O–H groups in total. The SMILES string of the molecule is CC(C)(C)c1[nH]nc2c1C(c1ccc[nH+]c1)C(C#N)=C(N)O2. The predicted molar refractivity (Wildman–Crippen MR) is 79.6 cm³/mol. The molecule has 1 aliphatic rings. The van der Waals surface area contributed by atoms with E-state index in [9.17, 15) is 5.26 Å². The molecule has 0 fully saturated rings. The number of H-pyrrole nitrogens is 2. The third kappa shape index (κ3) is 2.11. The number of fused-ring (bicyclic) bond motifs is 1. The van der Waals surface area contributed by atoms with E-state index in [4.69, 9.17) is 10.5 Å². The van der Waals surface area contributed by atoms with Crippen molar-refractivity contribution in [3.8, 4) is 11.9 Å². The minimum absolute atomic E-state index is 0.107. The summed E-state index contributed by atoms with van der Waals surface area (Å²) in [4.78, 5) is 3.05. The number of hydrogen-bond acceptors (Lipinski definition) is 4. The number of nitrogens with one attached hydrogen (secondary N) is 2. The first-order valence-corrected chi connectivity index (χ1v) is 7.06. The summed E-state index contributed by atoms with van der Waals surface area (Å²) in [5.41, 5.74) is 8.92. The second kappa shape index (κ2) is 4.88. The summed E-state index contributed by atoms with van der Waals surface area (Å²) < 4.78 is 5.55. The van der Waals surface area contributed by atoms with Crippen LogP contribution in [0.1, 0.15) is 43.5 Å². The molecular formula is C16H18N5O+. The zero-order valence-electron chi connectivity index (χ0n) is 12.8. The zero-order valence-corrected chi connectivity index (χ0v) is 12.8. The highest BCUT2D eigenvalue weighted by atomic mass is 16.5. The number of nitrogens with two attached hydrogens (primary N) is 1. The topological polar surface area (TPSA) is 102 Å². The van der Waals surface area contributed by atoms with E-state index in [1.54, 1.807) is 0 Å². The number of rotatable bonds is 1. The fourth-order valence-corrected chi connectivity index (χ4v) is 2.74. The summed E-state index contributed by atoms with van der Waals surface area (Å²) >= 11 is 0. The van der Waals surface area contributed by atoms with Crippen LogP contribution in [0.25, 0.3) is 0 Å². The quantitative estimate of drug-likeness (QED) is 0.836. The highest BCUT2D eigenvalue weighted by Crippen LogP contribution is 2.45. The van der Waals surface area contributed by atoms with Gasteiger partial charge in [0.15, 0.2) is 12.4 Å². The first kappa shape index (κ1) is 14.1. The molecule has 2 aromatic heterocycles. The molecule has 0 amide bonds. The van der Waals surface area contributed by atoms with Crippen molar-refractivity contribution in [2.24, 2.45) is 5.73 Å². The molecule has 0 bridgehead atoms. The predicted octanol–water partition coefficient (Wildman–Crippen LogP) is 1.74. The Bertz CT molecular complexity index is 777. The van der Waals surface area contributed by atoms with Gasteiger partial charge in [0.05, 0.1) is 11.5 Å². The lowest BCUT2D eigenvalue weighted by Gasteiger charge is -2.26. The maximum atomic E-state index is 9.54. The van der Waals surface area contributed by atoms with Crippen LogP contribution in [0.2, 0.25) is 0 Å². The maximum Gasteiger partial charge on any atom is 0.244 e. The molecule has 6 nitrogen and oxygen atoms in total. The number of ether oxygens (including phenoxy) is 1. The second-order valence-corrected chi connectivity index (χ2v) is 6.33. The molecule has 0 aliphatic carbocycles. The van der Waals surface area contributed by atoms with Gasteiger partial charge in [-0.2, -0.15) is 5.26 Å². The Morgan fingerprint density at radius 1 is 1.45 bits per heavy atom. The van der Waals surface area contributed by atoms with Crippen LogP contribution in [-0.4, -0.2) is 10.2 Å². The zero-order chi connectivity index (χ0) is 15.9. The highest BCUT2D eigenvalue weighted by molar-refractivity contribution is 5.55. The number of nitriles is 1. The molecule has 1 aliphatic heterocycles. The lowest BCUT2D eigenvalue weighted by molar-refractivity contribution is -0.378. The summed E-state index contributed by atoms with van der Waals surface area (Å²) in [6.45, 7) is 6.26. The van der Waals surface area contributed by atoms with E-state index in [1.165, 1.54) is 0 Å². The van der Waals surface area contributed by atoms with Gasteiger partial charge in [-0.3, -0.25) is 5.10 Å². The monoisotopic (exact) mass is 296 g/mol. The molecule has 0 saturated heterocycles. The molecule has 3 heterocycles. The van der Waals surface area contributed by atoms with Crippen LogP contribution in [0, 0.1) is 11.3 Å². The Kier molecular flexibility index (Phi) is 3.14. The number of pyridine rings is 1. The number of hydrogen-bond donors (Lipinski definition) is 2. The second-order valence-electron chi connectivity index (χ2n) is 6.33. The van der Waals surface area contributed by atoms with Crippen molar-refractivity contribution in [2.75, 3.05) is 0 Å². The van der Waals surface area contributed by atoms with E-state index in [0.717, 1.165) is 16.8 Å². The fraction of sp³-hybridized carbons (Fsp3) is 0.312. The van der Waals surface area contributed by atoms with Crippen LogP contribution in [0.4, 0.5) is 0 Å². The van der Waals surface area contributed by atoms with Crippen LogP contribution < -0.4 is 15.5 Å². The largest absolute Gasteiger partial charge is 0.420 e. The molecule has 1 atom stereocenters. The molecule has 0 saturated carbocycles. The fourth-order valence-electron chi connectivity index (χ4n) is 2.74. The lowest BCUT2D eigenvalue weighted by atomic mass is 9.79. The van der Waals surface area contributed by atoms with Crippen molar-refractivity contribution in [1.82, 2.24) is 10.2 Å². The third-order valence-electron chi connectivity index (χ3n) is 3.75. The van der Waals surface area contributed by atoms with Crippen molar-refractivity contribution in [1.29, 1.82) is 5.26 Å². The van der Waals surface area contributed by atoms with Gasteiger partial charge in [-0.05, 0) is 6.07 Å². The van der Waals surface area contributed by atoms with Crippen LogP contribution >= 0.6 is 0 Å². The molecule has 1 unspecified atom stereocenters. The van der Waals surface area contributed by atoms with Crippen LogP contribution in [0.3, 0.4) is 0 Å². The molecule has 3 rings (SSSR count). The minimum atomic E-state index is -0.292. The Labute approximate surface area is 128 Å². The average molecular weight is 296 g/mol. The number of nitrogens with zero attached hydrogens (tertiary/aromatic N) is 2.